The number of esters is 1. The molecule has 1 aromatic carbocycles. The van der Waals surface area contributed by atoms with Crippen LogP contribution in [-0.2, 0) is 16.6 Å². The molecule has 0 saturated heterocycles. The molecule has 10 heteroatoms. The number of nitrogens with one attached hydrogen (secondary N) is 1. The van der Waals surface area contributed by atoms with Crippen molar-refractivity contribution < 1.29 is 14.3 Å². The highest BCUT2D eigenvalue weighted by Gasteiger charge is 2.19. The molecule has 0 aliphatic heterocycles. The van der Waals surface area contributed by atoms with Crippen molar-refractivity contribution in [2.75, 3.05) is 17.7 Å². The zero-order chi connectivity index (χ0) is 22.0. The Balaban J connectivity index is 1.45. The molecule has 4 aromatic rings. The summed E-state index contributed by atoms with van der Waals surface area (Å²) in [6.07, 6.45) is 0. The Hall–Kier alpha value is -2.69. The van der Waals surface area contributed by atoms with Crippen LogP contribution in [0, 0.1) is 6.92 Å². The number of ether oxygens (including phenoxy) is 1. The van der Waals surface area contributed by atoms with E-state index in [0.29, 0.717) is 15.7 Å². The Morgan fingerprint density at radius 2 is 2.06 bits per heavy atom. The second kappa shape index (κ2) is 9.21. The van der Waals surface area contributed by atoms with Crippen molar-refractivity contribution in [1.82, 2.24) is 14.8 Å². The number of thioether (sulfide) groups is 1. The molecule has 31 heavy (non-hydrogen) atoms. The highest BCUT2D eigenvalue weighted by atomic mass is 32.2. The predicted octanol–water partition coefficient (Wildman–Crippen LogP) is 4.97. The van der Waals surface area contributed by atoms with Crippen molar-refractivity contribution in [2.24, 2.45) is 7.05 Å². The SMILES string of the molecule is CCOC(=O)c1cc(C)sc1NC(=O)CSc1nnc(-c2csc3ccccc23)n1C. The van der Waals surface area contributed by atoms with E-state index in [1.54, 1.807) is 24.3 Å². The molecule has 0 aliphatic rings. The number of aromatic nitrogens is 3. The summed E-state index contributed by atoms with van der Waals surface area (Å²) < 4.78 is 8.15. The van der Waals surface area contributed by atoms with E-state index in [1.165, 1.54) is 27.8 Å². The summed E-state index contributed by atoms with van der Waals surface area (Å²) in [7, 11) is 1.89. The Kier molecular flexibility index (Phi) is 6.40. The number of nitrogens with zero attached hydrogens (tertiary/aromatic N) is 3. The number of fused-ring (bicyclic) bond motifs is 1. The summed E-state index contributed by atoms with van der Waals surface area (Å²) in [6.45, 7) is 3.91. The van der Waals surface area contributed by atoms with Crippen LogP contribution in [-0.4, -0.2) is 39.0 Å². The number of carbonyl (C=O) groups excluding carboxylic acids is 2. The van der Waals surface area contributed by atoms with Gasteiger partial charge in [0.1, 0.15) is 5.00 Å². The first-order chi connectivity index (χ1) is 15.0. The number of rotatable bonds is 7. The van der Waals surface area contributed by atoms with Crippen LogP contribution < -0.4 is 5.32 Å². The molecule has 0 aliphatic carbocycles. The van der Waals surface area contributed by atoms with Crippen molar-refractivity contribution >= 4 is 61.4 Å². The Labute approximate surface area is 191 Å². The maximum Gasteiger partial charge on any atom is 0.341 e. The Bertz CT molecular complexity index is 1260. The first-order valence-electron chi connectivity index (χ1n) is 9.54. The van der Waals surface area contributed by atoms with E-state index in [9.17, 15) is 9.59 Å². The number of aryl methyl sites for hydroxylation is 1. The molecule has 1 N–H and O–H groups in total. The van der Waals surface area contributed by atoms with Gasteiger partial charge >= 0.3 is 5.97 Å². The average molecular weight is 473 g/mol. The lowest BCUT2D eigenvalue weighted by molar-refractivity contribution is -0.113. The third kappa shape index (κ3) is 4.51. The lowest BCUT2D eigenvalue weighted by Crippen LogP contribution is -2.16. The lowest BCUT2D eigenvalue weighted by atomic mass is 10.2. The van der Waals surface area contributed by atoms with Gasteiger partial charge in [-0.3, -0.25) is 4.79 Å². The number of hydrogen-bond donors (Lipinski definition) is 1. The molecule has 0 saturated carbocycles. The van der Waals surface area contributed by atoms with Crippen molar-refractivity contribution in [2.45, 2.75) is 19.0 Å². The molecule has 0 atom stereocenters. The quantitative estimate of drug-likeness (QED) is 0.302. The second-order valence-corrected chi connectivity index (χ2v) is 9.78. The van der Waals surface area contributed by atoms with Crippen LogP contribution in [0.2, 0.25) is 0 Å². The van der Waals surface area contributed by atoms with Gasteiger partial charge in [-0.25, -0.2) is 4.79 Å². The fourth-order valence-electron chi connectivity index (χ4n) is 3.09. The lowest BCUT2D eigenvalue weighted by Gasteiger charge is -2.06. The zero-order valence-electron chi connectivity index (χ0n) is 17.2. The third-order valence-electron chi connectivity index (χ3n) is 4.49. The van der Waals surface area contributed by atoms with E-state index in [4.69, 9.17) is 4.74 Å². The van der Waals surface area contributed by atoms with Gasteiger partial charge in [-0.15, -0.1) is 32.9 Å². The molecule has 4 rings (SSSR count). The molecular formula is C21H20N4O3S3. The summed E-state index contributed by atoms with van der Waals surface area (Å²) >= 11 is 4.32. The summed E-state index contributed by atoms with van der Waals surface area (Å²) in [4.78, 5) is 25.5. The monoisotopic (exact) mass is 472 g/mol. The predicted molar refractivity (Wildman–Crippen MR) is 126 cm³/mol. The van der Waals surface area contributed by atoms with E-state index in [-0.39, 0.29) is 18.3 Å². The van der Waals surface area contributed by atoms with Gasteiger partial charge < -0.3 is 14.6 Å². The van der Waals surface area contributed by atoms with Gasteiger partial charge in [-0.05, 0) is 26.0 Å². The maximum atomic E-state index is 12.5. The molecule has 0 radical (unpaired) electrons. The smallest absolute Gasteiger partial charge is 0.341 e. The molecule has 7 nitrogen and oxygen atoms in total. The number of benzene rings is 1. The van der Waals surface area contributed by atoms with Gasteiger partial charge in [0.05, 0.1) is 17.9 Å². The molecule has 1 amide bonds. The average Bonchev–Trinajstić information content (AvgIpc) is 3.43. The van der Waals surface area contributed by atoms with E-state index in [1.807, 2.05) is 30.7 Å². The summed E-state index contributed by atoms with van der Waals surface area (Å²) in [5, 5.41) is 15.8. The van der Waals surface area contributed by atoms with Crippen LogP contribution in [0.4, 0.5) is 5.00 Å². The van der Waals surface area contributed by atoms with Gasteiger partial charge in [0.15, 0.2) is 11.0 Å². The van der Waals surface area contributed by atoms with E-state index < -0.39 is 5.97 Å². The van der Waals surface area contributed by atoms with Crippen LogP contribution >= 0.6 is 34.4 Å². The van der Waals surface area contributed by atoms with Crippen LogP contribution in [0.5, 0.6) is 0 Å². The summed E-state index contributed by atoms with van der Waals surface area (Å²) in [5.74, 6) is 0.257. The largest absolute Gasteiger partial charge is 0.462 e. The molecule has 0 bridgehead atoms. The number of thiophene rings is 2. The van der Waals surface area contributed by atoms with Crippen LogP contribution in [0.25, 0.3) is 21.5 Å². The number of amides is 1. The highest BCUT2D eigenvalue weighted by molar-refractivity contribution is 7.99. The fourth-order valence-corrected chi connectivity index (χ4v) is 5.65. The number of anilines is 1. The van der Waals surface area contributed by atoms with Gasteiger partial charge in [0.2, 0.25) is 5.91 Å². The minimum Gasteiger partial charge on any atom is -0.462 e. The van der Waals surface area contributed by atoms with Crippen LogP contribution in [0.15, 0.2) is 40.9 Å². The van der Waals surface area contributed by atoms with Gasteiger partial charge in [0.25, 0.3) is 0 Å². The van der Waals surface area contributed by atoms with E-state index >= 15 is 0 Å². The number of carbonyl (C=O) groups is 2. The van der Waals surface area contributed by atoms with Crippen molar-refractivity contribution in [3.05, 3.63) is 46.2 Å². The van der Waals surface area contributed by atoms with Crippen molar-refractivity contribution in [3.8, 4) is 11.4 Å². The first kappa shape index (κ1) is 21.5. The molecule has 0 spiro atoms. The zero-order valence-corrected chi connectivity index (χ0v) is 19.6. The Morgan fingerprint density at radius 3 is 2.87 bits per heavy atom. The molecule has 3 heterocycles. The maximum absolute atomic E-state index is 12.5. The Morgan fingerprint density at radius 1 is 1.26 bits per heavy atom. The minimum atomic E-state index is -0.435. The topological polar surface area (TPSA) is 86.1 Å². The van der Waals surface area contributed by atoms with Crippen molar-refractivity contribution in [1.29, 1.82) is 0 Å². The van der Waals surface area contributed by atoms with E-state index in [0.717, 1.165) is 21.7 Å². The second-order valence-electron chi connectivity index (χ2n) is 6.67. The highest BCUT2D eigenvalue weighted by Crippen LogP contribution is 2.34. The summed E-state index contributed by atoms with van der Waals surface area (Å²) in [6, 6.07) is 9.90. The fraction of sp³-hybridized carbons (Fsp3) is 0.238. The first-order valence-corrected chi connectivity index (χ1v) is 12.2. The third-order valence-corrected chi connectivity index (χ3v) is 7.44. The normalized spacial score (nSPS) is 11.1. The van der Waals surface area contributed by atoms with Crippen molar-refractivity contribution in [3.63, 3.8) is 0 Å². The van der Waals surface area contributed by atoms with Gasteiger partial charge in [0, 0.05) is 33.0 Å². The molecule has 0 fully saturated rings. The van der Waals surface area contributed by atoms with E-state index in [2.05, 4.69) is 33.0 Å². The van der Waals surface area contributed by atoms with Gasteiger partial charge in [-0.2, -0.15) is 0 Å². The molecule has 0 unspecified atom stereocenters. The standard InChI is InChI=1S/C21H20N4O3S3/c1-4-28-20(27)14-9-12(2)31-19(14)22-17(26)11-30-21-24-23-18(25(21)3)15-10-29-16-8-6-5-7-13(15)16/h5-10H,4,11H2,1-3H3,(H,22,26). The van der Waals surface area contributed by atoms with Gasteiger partial charge in [-0.1, -0.05) is 30.0 Å². The minimum absolute atomic E-state index is 0.148. The molecular weight excluding hydrogens is 452 g/mol. The number of hydrogen-bond acceptors (Lipinski definition) is 8. The van der Waals surface area contributed by atoms with Crippen LogP contribution in [0.1, 0.15) is 22.2 Å². The van der Waals surface area contributed by atoms with Crippen LogP contribution in [0.3, 0.4) is 0 Å². The molecule has 3 aromatic heterocycles. The summed E-state index contributed by atoms with van der Waals surface area (Å²) in [5.41, 5.74) is 1.41. The molecule has 160 valence electrons.